The number of piperidine rings is 1. The highest BCUT2D eigenvalue weighted by atomic mass is 14.9. The van der Waals surface area contributed by atoms with Crippen LogP contribution in [0.15, 0.2) is 0 Å². The standard InChI is InChI=1S/C8H16N2/c9-8-3-6-1-2-10-5-7(6)4-8/h6-8,10H,1-5,9H2/t6-,7-,8?/m1/s1. The number of fused-ring (bicyclic) bond motifs is 1. The molecule has 0 radical (unpaired) electrons. The lowest BCUT2D eigenvalue weighted by Crippen LogP contribution is -2.33. The lowest BCUT2D eigenvalue weighted by atomic mass is 9.90. The first kappa shape index (κ1) is 6.62. The third-order valence-corrected chi connectivity index (χ3v) is 2.98. The smallest absolute Gasteiger partial charge is 0.00448 e. The fourth-order valence-corrected chi connectivity index (χ4v) is 2.44. The van der Waals surface area contributed by atoms with Gasteiger partial charge in [0, 0.05) is 6.04 Å². The van der Waals surface area contributed by atoms with Crippen molar-refractivity contribution in [2.45, 2.75) is 25.3 Å². The van der Waals surface area contributed by atoms with Crippen LogP contribution < -0.4 is 11.1 Å². The zero-order valence-electron chi connectivity index (χ0n) is 6.34. The van der Waals surface area contributed by atoms with Crippen LogP contribution >= 0.6 is 0 Å². The monoisotopic (exact) mass is 140 g/mol. The van der Waals surface area contributed by atoms with E-state index in [4.69, 9.17) is 5.73 Å². The summed E-state index contributed by atoms with van der Waals surface area (Å²) in [6.45, 7) is 2.44. The molecular weight excluding hydrogens is 124 g/mol. The minimum Gasteiger partial charge on any atom is -0.328 e. The molecular formula is C8H16N2. The number of nitrogens with two attached hydrogens (primary N) is 1. The van der Waals surface area contributed by atoms with Crippen LogP contribution in [-0.2, 0) is 0 Å². The molecule has 3 N–H and O–H groups in total. The summed E-state index contributed by atoms with van der Waals surface area (Å²) >= 11 is 0. The Balaban J connectivity index is 1.97. The quantitative estimate of drug-likeness (QED) is 0.509. The summed E-state index contributed by atoms with van der Waals surface area (Å²) in [6.07, 6.45) is 3.91. The third-order valence-electron chi connectivity index (χ3n) is 2.98. The van der Waals surface area contributed by atoms with Gasteiger partial charge in [-0.1, -0.05) is 0 Å². The second-order valence-corrected chi connectivity index (χ2v) is 3.74. The van der Waals surface area contributed by atoms with E-state index in [9.17, 15) is 0 Å². The first-order chi connectivity index (χ1) is 4.86. The van der Waals surface area contributed by atoms with Gasteiger partial charge in [-0.25, -0.2) is 0 Å². The maximum absolute atomic E-state index is 5.87. The van der Waals surface area contributed by atoms with Gasteiger partial charge in [0.1, 0.15) is 0 Å². The molecule has 0 aromatic heterocycles. The highest BCUT2D eigenvalue weighted by molar-refractivity contribution is 4.89. The molecule has 1 unspecified atom stereocenters. The van der Waals surface area contributed by atoms with Crippen molar-refractivity contribution in [2.24, 2.45) is 17.6 Å². The van der Waals surface area contributed by atoms with Crippen LogP contribution in [0.3, 0.4) is 0 Å². The van der Waals surface area contributed by atoms with Crippen LogP contribution in [0.25, 0.3) is 0 Å². The van der Waals surface area contributed by atoms with Crippen molar-refractivity contribution in [3.8, 4) is 0 Å². The third kappa shape index (κ3) is 1.06. The predicted octanol–water partition coefficient (Wildman–Crippen LogP) is 0.333. The van der Waals surface area contributed by atoms with E-state index in [0.717, 1.165) is 11.8 Å². The molecule has 10 heavy (non-hydrogen) atoms. The van der Waals surface area contributed by atoms with E-state index in [1.54, 1.807) is 0 Å². The molecule has 0 spiro atoms. The number of nitrogens with one attached hydrogen (secondary N) is 1. The van der Waals surface area contributed by atoms with Gasteiger partial charge in [0.25, 0.3) is 0 Å². The van der Waals surface area contributed by atoms with E-state index in [-0.39, 0.29) is 0 Å². The first-order valence-corrected chi connectivity index (χ1v) is 4.32. The predicted molar refractivity (Wildman–Crippen MR) is 41.7 cm³/mol. The topological polar surface area (TPSA) is 38.0 Å². The van der Waals surface area contributed by atoms with Gasteiger partial charge in [0.05, 0.1) is 0 Å². The van der Waals surface area contributed by atoms with Crippen molar-refractivity contribution in [2.75, 3.05) is 13.1 Å². The lowest BCUT2D eigenvalue weighted by Gasteiger charge is -2.25. The van der Waals surface area contributed by atoms with Crippen LogP contribution in [0.1, 0.15) is 19.3 Å². The van der Waals surface area contributed by atoms with Crippen molar-refractivity contribution in [1.82, 2.24) is 5.32 Å². The van der Waals surface area contributed by atoms with Crippen LogP contribution in [0.4, 0.5) is 0 Å². The summed E-state index contributed by atoms with van der Waals surface area (Å²) in [6, 6.07) is 0.509. The number of hydrogen-bond acceptors (Lipinski definition) is 2. The van der Waals surface area contributed by atoms with Crippen molar-refractivity contribution >= 4 is 0 Å². The Morgan fingerprint density at radius 1 is 1.20 bits per heavy atom. The van der Waals surface area contributed by atoms with Gasteiger partial charge >= 0.3 is 0 Å². The summed E-state index contributed by atoms with van der Waals surface area (Å²) < 4.78 is 0. The maximum atomic E-state index is 5.87. The van der Waals surface area contributed by atoms with Gasteiger partial charge in [-0.2, -0.15) is 0 Å². The molecule has 0 aromatic carbocycles. The Labute approximate surface area is 62.2 Å². The van der Waals surface area contributed by atoms with E-state index < -0.39 is 0 Å². The van der Waals surface area contributed by atoms with Crippen molar-refractivity contribution in [1.29, 1.82) is 0 Å². The first-order valence-electron chi connectivity index (χ1n) is 4.32. The normalized spacial score (nSPS) is 47.1. The number of hydrogen-bond donors (Lipinski definition) is 2. The van der Waals surface area contributed by atoms with Crippen molar-refractivity contribution in [3.63, 3.8) is 0 Å². The van der Waals surface area contributed by atoms with E-state index in [1.807, 2.05) is 0 Å². The molecule has 58 valence electrons. The molecule has 1 heterocycles. The Morgan fingerprint density at radius 3 is 2.80 bits per heavy atom. The molecule has 2 nitrogen and oxygen atoms in total. The van der Waals surface area contributed by atoms with Crippen LogP contribution in [0, 0.1) is 11.8 Å². The summed E-state index contributed by atoms with van der Waals surface area (Å²) in [4.78, 5) is 0. The van der Waals surface area contributed by atoms with Gasteiger partial charge in [-0.15, -0.1) is 0 Å². The van der Waals surface area contributed by atoms with E-state index in [2.05, 4.69) is 5.32 Å². The molecule has 2 heteroatoms. The summed E-state index contributed by atoms with van der Waals surface area (Å²) in [5.74, 6) is 1.86. The Bertz CT molecular complexity index is 110. The molecule has 3 atom stereocenters. The van der Waals surface area contributed by atoms with Gasteiger partial charge < -0.3 is 11.1 Å². The van der Waals surface area contributed by atoms with Gasteiger partial charge in [-0.3, -0.25) is 0 Å². The average Bonchev–Trinajstić information content (AvgIpc) is 2.27. The van der Waals surface area contributed by atoms with E-state index >= 15 is 0 Å². The van der Waals surface area contributed by atoms with Crippen molar-refractivity contribution in [3.05, 3.63) is 0 Å². The second-order valence-electron chi connectivity index (χ2n) is 3.74. The molecule has 1 aliphatic heterocycles. The number of rotatable bonds is 0. The van der Waals surface area contributed by atoms with Gasteiger partial charge in [0.2, 0.25) is 0 Å². The summed E-state index contributed by atoms with van der Waals surface area (Å²) in [5.41, 5.74) is 5.87. The molecule has 1 saturated carbocycles. The fraction of sp³-hybridized carbons (Fsp3) is 1.00. The summed E-state index contributed by atoms with van der Waals surface area (Å²) in [7, 11) is 0. The largest absolute Gasteiger partial charge is 0.328 e. The SMILES string of the molecule is NC1C[C@H]2CCNC[C@H]2C1. The van der Waals surface area contributed by atoms with Gasteiger partial charge in [-0.05, 0) is 44.2 Å². The Morgan fingerprint density at radius 2 is 2.00 bits per heavy atom. The van der Waals surface area contributed by atoms with Crippen LogP contribution in [0.2, 0.25) is 0 Å². The minimum atomic E-state index is 0.509. The minimum absolute atomic E-state index is 0.509. The fourth-order valence-electron chi connectivity index (χ4n) is 2.44. The highest BCUT2D eigenvalue weighted by Gasteiger charge is 2.33. The molecule has 2 aliphatic rings. The molecule has 1 aliphatic carbocycles. The molecule has 0 aromatic rings. The molecule has 0 bridgehead atoms. The molecule has 1 saturated heterocycles. The van der Waals surface area contributed by atoms with E-state index in [1.165, 1.54) is 32.4 Å². The second kappa shape index (κ2) is 2.51. The van der Waals surface area contributed by atoms with Crippen LogP contribution in [0.5, 0.6) is 0 Å². The van der Waals surface area contributed by atoms with Crippen LogP contribution in [-0.4, -0.2) is 19.1 Å². The Hall–Kier alpha value is -0.0800. The average molecular weight is 140 g/mol. The molecule has 2 rings (SSSR count). The van der Waals surface area contributed by atoms with Crippen molar-refractivity contribution < 1.29 is 0 Å². The Kier molecular flexibility index (Phi) is 1.66. The molecule has 0 amide bonds. The maximum Gasteiger partial charge on any atom is 0.00448 e. The lowest BCUT2D eigenvalue weighted by molar-refractivity contribution is 0.295. The zero-order chi connectivity index (χ0) is 6.97. The summed E-state index contributed by atoms with van der Waals surface area (Å²) in [5, 5.41) is 3.42. The zero-order valence-corrected chi connectivity index (χ0v) is 6.34. The molecule has 2 fully saturated rings. The van der Waals surface area contributed by atoms with Gasteiger partial charge in [0.15, 0.2) is 0 Å². The highest BCUT2D eigenvalue weighted by Crippen LogP contribution is 2.34. The van der Waals surface area contributed by atoms with E-state index in [0.29, 0.717) is 6.04 Å².